The van der Waals surface area contributed by atoms with E-state index in [0.29, 0.717) is 18.0 Å². The normalized spacial score (nSPS) is 14.1. The second kappa shape index (κ2) is 6.62. The molecule has 1 aromatic carbocycles. The lowest BCUT2D eigenvalue weighted by Gasteiger charge is -2.17. The minimum absolute atomic E-state index is 0.0139. The van der Waals surface area contributed by atoms with Crippen LogP contribution in [0, 0.1) is 5.92 Å². The maximum Gasteiger partial charge on any atom is 0.223 e. The molecule has 0 aliphatic carbocycles. The van der Waals surface area contributed by atoms with Crippen molar-refractivity contribution in [3.63, 3.8) is 0 Å². The quantitative estimate of drug-likeness (QED) is 0.848. The summed E-state index contributed by atoms with van der Waals surface area (Å²) < 4.78 is 0. The topological polar surface area (TPSA) is 55.1 Å². The number of rotatable bonds is 5. The molecule has 17 heavy (non-hydrogen) atoms. The van der Waals surface area contributed by atoms with E-state index in [1.807, 2.05) is 38.1 Å². The van der Waals surface area contributed by atoms with Crippen molar-refractivity contribution < 1.29 is 4.79 Å². The van der Waals surface area contributed by atoms with E-state index in [1.165, 1.54) is 0 Å². The van der Waals surface area contributed by atoms with Gasteiger partial charge in [-0.2, -0.15) is 0 Å². The average molecular weight is 255 g/mol. The van der Waals surface area contributed by atoms with Crippen LogP contribution in [0.1, 0.15) is 31.9 Å². The Balaban J connectivity index is 2.57. The first kappa shape index (κ1) is 14.0. The highest BCUT2D eigenvalue weighted by Crippen LogP contribution is 2.16. The highest BCUT2D eigenvalue weighted by molar-refractivity contribution is 6.30. The molecule has 2 atom stereocenters. The van der Waals surface area contributed by atoms with Gasteiger partial charge in [0.25, 0.3) is 0 Å². The molecule has 0 radical (unpaired) electrons. The smallest absolute Gasteiger partial charge is 0.223 e. The molecule has 0 spiro atoms. The highest BCUT2D eigenvalue weighted by Gasteiger charge is 2.15. The third kappa shape index (κ3) is 4.36. The number of carbonyl (C=O) groups excluding carboxylic acids is 1. The zero-order valence-corrected chi connectivity index (χ0v) is 11.0. The lowest BCUT2D eigenvalue weighted by molar-refractivity contribution is -0.125. The molecular formula is C13H19ClN2O. The van der Waals surface area contributed by atoms with Crippen molar-refractivity contribution in [2.75, 3.05) is 6.54 Å². The lowest BCUT2D eigenvalue weighted by Crippen LogP contribution is -2.32. The van der Waals surface area contributed by atoms with Crippen molar-refractivity contribution in [3.8, 4) is 0 Å². The fourth-order valence-electron chi connectivity index (χ4n) is 1.57. The highest BCUT2D eigenvalue weighted by atomic mass is 35.5. The predicted octanol–water partition coefficient (Wildman–Crippen LogP) is 2.50. The number of halogens is 1. The third-order valence-electron chi connectivity index (χ3n) is 2.78. The van der Waals surface area contributed by atoms with Gasteiger partial charge in [0, 0.05) is 10.9 Å². The molecule has 0 aromatic heterocycles. The lowest BCUT2D eigenvalue weighted by atomic mass is 10.0. The molecule has 0 aliphatic rings. The van der Waals surface area contributed by atoms with Gasteiger partial charge >= 0.3 is 0 Å². The standard InChI is InChI=1S/C13H19ClN2O/c1-9(7-8-15)13(17)16-10(2)11-3-5-12(14)6-4-11/h3-6,9-10H,7-8,15H2,1-2H3,(H,16,17)/t9?,10-/m0/s1. The van der Waals surface area contributed by atoms with E-state index in [2.05, 4.69) is 5.32 Å². The number of benzene rings is 1. The van der Waals surface area contributed by atoms with Crippen molar-refractivity contribution in [1.29, 1.82) is 0 Å². The van der Waals surface area contributed by atoms with Crippen molar-refractivity contribution in [2.45, 2.75) is 26.3 Å². The Hall–Kier alpha value is -1.06. The van der Waals surface area contributed by atoms with E-state index in [-0.39, 0.29) is 17.9 Å². The van der Waals surface area contributed by atoms with Gasteiger partial charge in [-0.25, -0.2) is 0 Å². The molecule has 0 saturated heterocycles. The predicted molar refractivity (Wildman–Crippen MR) is 70.8 cm³/mol. The molecule has 4 heteroatoms. The van der Waals surface area contributed by atoms with Crippen LogP contribution in [0.2, 0.25) is 5.02 Å². The summed E-state index contributed by atoms with van der Waals surface area (Å²) in [5.74, 6) is -0.00681. The van der Waals surface area contributed by atoms with E-state index >= 15 is 0 Å². The van der Waals surface area contributed by atoms with Crippen LogP contribution in [0.15, 0.2) is 24.3 Å². The van der Waals surface area contributed by atoms with Crippen LogP contribution in [-0.2, 0) is 4.79 Å². The zero-order chi connectivity index (χ0) is 12.8. The molecule has 1 aromatic rings. The number of nitrogens with one attached hydrogen (secondary N) is 1. The summed E-state index contributed by atoms with van der Waals surface area (Å²) in [5, 5.41) is 3.66. The molecule has 3 N–H and O–H groups in total. The van der Waals surface area contributed by atoms with Gasteiger partial charge in [-0.1, -0.05) is 30.7 Å². The van der Waals surface area contributed by atoms with Gasteiger partial charge < -0.3 is 11.1 Å². The fourth-order valence-corrected chi connectivity index (χ4v) is 1.70. The summed E-state index contributed by atoms with van der Waals surface area (Å²) in [6.45, 7) is 4.37. The maximum absolute atomic E-state index is 11.8. The SMILES string of the molecule is CC(CCN)C(=O)N[C@@H](C)c1ccc(Cl)cc1. The second-order valence-electron chi connectivity index (χ2n) is 4.26. The van der Waals surface area contributed by atoms with Crippen LogP contribution in [0.5, 0.6) is 0 Å². The van der Waals surface area contributed by atoms with Gasteiger partial charge in [0.1, 0.15) is 0 Å². The van der Waals surface area contributed by atoms with Crippen molar-refractivity contribution in [2.24, 2.45) is 11.7 Å². The molecule has 1 rings (SSSR count). The molecular weight excluding hydrogens is 236 g/mol. The second-order valence-corrected chi connectivity index (χ2v) is 4.70. The summed E-state index contributed by atoms with van der Waals surface area (Å²) in [6.07, 6.45) is 0.708. The molecule has 0 heterocycles. The number of carbonyl (C=O) groups is 1. The summed E-state index contributed by atoms with van der Waals surface area (Å²) in [7, 11) is 0. The minimum Gasteiger partial charge on any atom is -0.349 e. The molecule has 94 valence electrons. The van der Waals surface area contributed by atoms with Crippen LogP contribution in [0.4, 0.5) is 0 Å². The largest absolute Gasteiger partial charge is 0.349 e. The molecule has 0 saturated carbocycles. The Morgan fingerprint density at radius 1 is 1.35 bits per heavy atom. The molecule has 0 bridgehead atoms. The Morgan fingerprint density at radius 2 is 1.94 bits per heavy atom. The molecule has 1 amide bonds. The summed E-state index contributed by atoms with van der Waals surface area (Å²) >= 11 is 5.81. The van der Waals surface area contributed by atoms with Crippen molar-refractivity contribution in [3.05, 3.63) is 34.9 Å². The van der Waals surface area contributed by atoms with Crippen molar-refractivity contribution >= 4 is 17.5 Å². The molecule has 3 nitrogen and oxygen atoms in total. The Bertz CT molecular complexity index is 364. The summed E-state index contributed by atoms with van der Waals surface area (Å²) in [4.78, 5) is 11.8. The third-order valence-corrected chi connectivity index (χ3v) is 3.03. The Morgan fingerprint density at radius 3 is 2.47 bits per heavy atom. The first-order chi connectivity index (χ1) is 8.04. The van der Waals surface area contributed by atoms with E-state index in [9.17, 15) is 4.79 Å². The average Bonchev–Trinajstić information content (AvgIpc) is 2.30. The van der Waals surface area contributed by atoms with Crippen LogP contribution in [-0.4, -0.2) is 12.5 Å². The van der Waals surface area contributed by atoms with E-state index in [1.54, 1.807) is 0 Å². The zero-order valence-electron chi connectivity index (χ0n) is 10.2. The van der Waals surface area contributed by atoms with Gasteiger partial charge in [-0.3, -0.25) is 4.79 Å². The van der Waals surface area contributed by atoms with E-state index in [0.717, 1.165) is 5.56 Å². The number of hydrogen-bond acceptors (Lipinski definition) is 2. The van der Waals surface area contributed by atoms with Crippen LogP contribution < -0.4 is 11.1 Å². The first-order valence-electron chi connectivity index (χ1n) is 5.80. The van der Waals surface area contributed by atoms with E-state index < -0.39 is 0 Å². The molecule has 0 aliphatic heterocycles. The van der Waals surface area contributed by atoms with Gasteiger partial charge in [0.15, 0.2) is 0 Å². The number of amides is 1. The van der Waals surface area contributed by atoms with Crippen molar-refractivity contribution in [1.82, 2.24) is 5.32 Å². The Labute approximate surface area is 107 Å². The van der Waals surface area contributed by atoms with Crippen LogP contribution in [0.25, 0.3) is 0 Å². The van der Waals surface area contributed by atoms with Gasteiger partial charge in [0.2, 0.25) is 5.91 Å². The fraction of sp³-hybridized carbons (Fsp3) is 0.462. The molecule has 1 unspecified atom stereocenters. The maximum atomic E-state index is 11.8. The molecule has 0 fully saturated rings. The summed E-state index contributed by atoms with van der Waals surface area (Å²) in [6, 6.07) is 7.47. The number of hydrogen-bond donors (Lipinski definition) is 2. The van der Waals surface area contributed by atoms with E-state index in [4.69, 9.17) is 17.3 Å². The van der Waals surface area contributed by atoms with Crippen LogP contribution >= 0.6 is 11.6 Å². The van der Waals surface area contributed by atoms with Gasteiger partial charge in [0.05, 0.1) is 6.04 Å². The minimum atomic E-state index is -0.0465. The number of nitrogens with two attached hydrogens (primary N) is 1. The Kier molecular flexibility index (Phi) is 5.45. The monoisotopic (exact) mass is 254 g/mol. The first-order valence-corrected chi connectivity index (χ1v) is 6.18. The van der Waals surface area contributed by atoms with Gasteiger partial charge in [-0.05, 0) is 37.6 Å². The van der Waals surface area contributed by atoms with Gasteiger partial charge in [-0.15, -0.1) is 0 Å². The van der Waals surface area contributed by atoms with Crippen LogP contribution in [0.3, 0.4) is 0 Å². The summed E-state index contributed by atoms with van der Waals surface area (Å²) in [5.41, 5.74) is 6.48.